The first kappa shape index (κ1) is 22.6. The Hall–Kier alpha value is -3.62. The fourth-order valence-electron chi connectivity index (χ4n) is 3.78. The van der Waals surface area contributed by atoms with Gasteiger partial charge in [-0.15, -0.1) is 0 Å². The quantitative estimate of drug-likeness (QED) is 0.411. The smallest absolute Gasteiger partial charge is 0.239 e. The molecule has 2 aromatic carbocycles. The maximum Gasteiger partial charge on any atom is 0.239 e. The van der Waals surface area contributed by atoms with Crippen molar-refractivity contribution in [3.05, 3.63) is 59.9 Å². The number of fused-ring (bicyclic) bond motifs is 1. The molecular weight excluding hydrogens is 435 g/mol. The summed E-state index contributed by atoms with van der Waals surface area (Å²) in [6, 6.07) is 9.50. The third kappa shape index (κ3) is 5.24. The number of amides is 3. The van der Waals surface area contributed by atoms with Crippen LogP contribution in [0.2, 0.25) is 0 Å². The van der Waals surface area contributed by atoms with Gasteiger partial charge in [0, 0.05) is 30.1 Å². The Morgan fingerprint density at radius 3 is 2.33 bits per heavy atom. The standard InChI is InChI=1S/C14H8F3N.C10H14N2O3/c15-10-3-1-8(2-4-10)13-6-9-5-11(16)7-12(17)14(9)18-13;13-8-4-7(10(15)12-8)9(14)11-5-6-2-1-3-6/h1-7,18H;6-7H,1-5H2,(H,11,14)(H,12,13,15). The van der Waals surface area contributed by atoms with Crippen molar-refractivity contribution in [3.63, 3.8) is 0 Å². The molecule has 1 atom stereocenters. The molecule has 5 rings (SSSR count). The highest BCUT2D eigenvalue weighted by molar-refractivity contribution is 6.13. The predicted octanol–water partition coefficient (Wildman–Crippen LogP) is 3.82. The van der Waals surface area contributed by atoms with Crippen LogP contribution < -0.4 is 10.6 Å². The second-order valence-corrected chi connectivity index (χ2v) is 8.25. The molecule has 2 aliphatic rings. The van der Waals surface area contributed by atoms with Crippen molar-refractivity contribution in [1.29, 1.82) is 0 Å². The van der Waals surface area contributed by atoms with E-state index < -0.39 is 23.5 Å². The molecule has 0 spiro atoms. The number of benzene rings is 2. The number of aromatic nitrogens is 1. The van der Waals surface area contributed by atoms with Gasteiger partial charge in [0.15, 0.2) is 0 Å². The summed E-state index contributed by atoms with van der Waals surface area (Å²) in [5, 5.41) is 5.30. The van der Waals surface area contributed by atoms with Gasteiger partial charge in [-0.1, -0.05) is 6.42 Å². The Morgan fingerprint density at radius 1 is 1.00 bits per heavy atom. The predicted molar refractivity (Wildman–Crippen MR) is 115 cm³/mol. The maximum atomic E-state index is 13.5. The van der Waals surface area contributed by atoms with Crippen LogP contribution >= 0.6 is 0 Å². The van der Waals surface area contributed by atoms with E-state index in [4.69, 9.17) is 0 Å². The van der Waals surface area contributed by atoms with Gasteiger partial charge in [0.2, 0.25) is 17.7 Å². The zero-order valence-electron chi connectivity index (χ0n) is 17.6. The van der Waals surface area contributed by atoms with Crippen LogP contribution in [0.4, 0.5) is 13.2 Å². The van der Waals surface area contributed by atoms with Gasteiger partial charge in [0.05, 0.1) is 5.52 Å². The van der Waals surface area contributed by atoms with E-state index in [2.05, 4.69) is 15.6 Å². The Kier molecular flexibility index (Phi) is 6.48. The van der Waals surface area contributed by atoms with E-state index in [1.165, 1.54) is 24.6 Å². The third-order valence-electron chi connectivity index (χ3n) is 5.88. The van der Waals surface area contributed by atoms with Crippen LogP contribution in [0.1, 0.15) is 25.7 Å². The number of carbonyl (C=O) groups excluding carboxylic acids is 3. The van der Waals surface area contributed by atoms with E-state index in [9.17, 15) is 27.6 Å². The van der Waals surface area contributed by atoms with Crippen LogP contribution in [0.25, 0.3) is 22.2 Å². The lowest BCUT2D eigenvalue weighted by Gasteiger charge is -2.25. The van der Waals surface area contributed by atoms with E-state index in [-0.39, 0.29) is 29.6 Å². The summed E-state index contributed by atoms with van der Waals surface area (Å²) in [6.45, 7) is 0.636. The zero-order chi connectivity index (χ0) is 23.5. The summed E-state index contributed by atoms with van der Waals surface area (Å²) in [4.78, 5) is 36.4. The third-order valence-corrected chi connectivity index (χ3v) is 5.88. The Morgan fingerprint density at radius 2 is 1.73 bits per heavy atom. The molecular formula is C24H22F3N3O3. The topological polar surface area (TPSA) is 91.1 Å². The number of rotatable bonds is 4. The van der Waals surface area contributed by atoms with Crippen molar-refractivity contribution in [1.82, 2.24) is 15.6 Å². The van der Waals surface area contributed by atoms with Gasteiger partial charge in [-0.05, 0) is 60.7 Å². The summed E-state index contributed by atoms with van der Waals surface area (Å²) >= 11 is 0. The van der Waals surface area contributed by atoms with Gasteiger partial charge >= 0.3 is 0 Å². The van der Waals surface area contributed by atoms with E-state index in [0.717, 1.165) is 18.9 Å². The Bertz CT molecular complexity index is 1200. The lowest BCUT2D eigenvalue weighted by molar-refractivity contribution is -0.133. The molecule has 1 unspecified atom stereocenters. The van der Waals surface area contributed by atoms with Crippen LogP contribution in [0, 0.1) is 29.3 Å². The molecule has 1 aliphatic heterocycles. The van der Waals surface area contributed by atoms with Crippen molar-refractivity contribution >= 4 is 28.6 Å². The molecule has 172 valence electrons. The number of hydrogen-bond acceptors (Lipinski definition) is 3. The van der Waals surface area contributed by atoms with Gasteiger partial charge in [0.25, 0.3) is 0 Å². The molecule has 33 heavy (non-hydrogen) atoms. The number of halogens is 3. The van der Waals surface area contributed by atoms with Gasteiger partial charge < -0.3 is 10.3 Å². The molecule has 2 heterocycles. The minimum Gasteiger partial charge on any atom is -0.355 e. The van der Waals surface area contributed by atoms with Gasteiger partial charge in [-0.25, -0.2) is 13.2 Å². The van der Waals surface area contributed by atoms with Crippen LogP contribution in [0.5, 0.6) is 0 Å². The van der Waals surface area contributed by atoms with E-state index in [1.54, 1.807) is 18.2 Å². The average molecular weight is 457 g/mol. The van der Waals surface area contributed by atoms with Crippen molar-refractivity contribution in [3.8, 4) is 11.3 Å². The molecule has 0 bridgehead atoms. The summed E-state index contributed by atoms with van der Waals surface area (Å²) in [5.41, 5.74) is 1.58. The van der Waals surface area contributed by atoms with Crippen molar-refractivity contribution in [2.24, 2.45) is 11.8 Å². The van der Waals surface area contributed by atoms with Crippen LogP contribution in [-0.4, -0.2) is 29.3 Å². The van der Waals surface area contributed by atoms with Crippen molar-refractivity contribution in [2.45, 2.75) is 25.7 Å². The van der Waals surface area contributed by atoms with Crippen molar-refractivity contribution in [2.75, 3.05) is 6.54 Å². The monoisotopic (exact) mass is 457 g/mol. The zero-order valence-corrected chi connectivity index (χ0v) is 17.6. The SMILES string of the molecule is Fc1ccc(-c2cc3cc(F)cc(F)c3[nH]2)cc1.O=C1CC(C(=O)NCC2CCC2)C(=O)N1. The van der Waals surface area contributed by atoms with E-state index in [1.807, 2.05) is 0 Å². The van der Waals surface area contributed by atoms with Gasteiger partial charge in [-0.2, -0.15) is 0 Å². The van der Waals surface area contributed by atoms with Crippen LogP contribution in [-0.2, 0) is 14.4 Å². The summed E-state index contributed by atoms with van der Waals surface area (Å²) in [6.07, 6.45) is 3.52. The second kappa shape index (κ2) is 9.48. The fraction of sp³-hybridized carbons (Fsp3) is 0.292. The van der Waals surface area contributed by atoms with Gasteiger partial charge in [0.1, 0.15) is 23.4 Å². The number of aromatic amines is 1. The molecule has 1 aliphatic carbocycles. The molecule has 1 saturated carbocycles. The Labute approximate surface area is 187 Å². The normalized spacial score (nSPS) is 17.8. The minimum atomic E-state index is -0.808. The van der Waals surface area contributed by atoms with Gasteiger partial charge in [-0.3, -0.25) is 19.7 Å². The molecule has 0 radical (unpaired) electrons. The number of nitrogens with one attached hydrogen (secondary N) is 3. The largest absolute Gasteiger partial charge is 0.355 e. The highest BCUT2D eigenvalue weighted by atomic mass is 19.1. The molecule has 3 N–H and O–H groups in total. The molecule has 3 aromatic rings. The molecule has 6 nitrogen and oxygen atoms in total. The fourth-order valence-corrected chi connectivity index (χ4v) is 3.78. The van der Waals surface area contributed by atoms with Crippen molar-refractivity contribution < 1.29 is 27.6 Å². The molecule has 1 saturated heterocycles. The van der Waals surface area contributed by atoms with Crippen LogP contribution in [0.3, 0.4) is 0 Å². The summed E-state index contributed by atoms with van der Waals surface area (Å²) in [5.74, 6) is -2.98. The van der Waals surface area contributed by atoms with E-state index >= 15 is 0 Å². The second-order valence-electron chi connectivity index (χ2n) is 8.25. The molecule has 1 aromatic heterocycles. The number of hydrogen-bond donors (Lipinski definition) is 3. The highest BCUT2D eigenvalue weighted by Crippen LogP contribution is 2.27. The molecule has 3 amide bonds. The first-order chi connectivity index (χ1) is 15.8. The molecule has 2 fully saturated rings. The number of carbonyl (C=O) groups is 3. The first-order valence-corrected chi connectivity index (χ1v) is 10.7. The minimum absolute atomic E-state index is 0.00463. The maximum absolute atomic E-state index is 13.5. The average Bonchev–Trinajstić information content (AvgIpc) is 3.30. The molecule has 9 heteroatoms. The number of H-pyrrole nitrogens is 1. The lowest BCUT2D eigenvalue weighted by Crippen LogP contribution is -2.38. The lowest BCUT2D eigenvalue weighted by atomic mass is 9.85. The summed E-state index contributed by atoms with van der Waals surface area (Å²) < 4.78 is 39.4. The highest BCUT2D eigenvalue weighted by Gasteiger charge is 2.36. The number of imide groups is 1. The van der Waals surface area contributed by atoms with E-state index in [0.29, 0.717) is 29.1 Å². The van der Waals surface area contributed by atoms with Crippen LogP contribution in [0.15, 0.2) is 42.5 Å². The first-order valence-electron chi connectivity index (χ1n) is 10.7. The Balaban J connectivity index is 0.000000160. The summed E-state index contributed by atoms with van der Waals surface area (Å²) in [7, 11) is 0.